The Morgan fingerprint density at radius 2 is 0.782 bits per heavy atom. The molecule has 364 valence electrons. The molecule has 6 aromatic heterocycles. The largest absolute Gasteiger partial charge is 0.309 e. The highest BCUT2D eigenvalue weighted by atomic mass is 32.1. The Hall–Kier alpha value is -9.93. The number of thiophene rings is 2. The van der Waals surface area contributed by atoms with Crippen molar-refractivity contribution in [3.05, 3.63) is 249 Å². The molecule has 0 amide bonds. The van der Waals surface area contributed by atoms with Crippen LogP contribution in [0.2, 0.25) is 0 Å². The average molecular weight is 1030 g/mol. The molecular weight excluding hydrogens is 991 g/mol. The van der Waals surface area contributed by atoms with Crippen LogP contribution in [0.3, 0.4) is 0 Å². The Balaban J connectivity index is 0.962. The smallest absolute Gasteiger partial charge is 0.241 e. The van der Waals surface area contributed by atoms with E-state index in [4.69, 9.17) is 15.0 Å². The minimum Gasteiger partial charge on any atom is -0.309 e. The molecule has 0 atom stereocenters. The lowest BCUT2D eigenvalue weighted by Gasteiger charge is -2.24. The van der Waals surface area contributed by atoms with Gasteiger partial charge in [0.1, 0.15) is 0 Å². The lowest BCUT2D eigenvalue weighted by molar-refractivity contribution is 0.878. The van der Waals surface area contributed by atoms with Crippen molar-refractivity contribution in [2.24, 2.45) is 0 Å². The molecule has 11 aromatic carbocycles. The number of benzene rings is 11. The van der Waals surface area contributed by atoms with Crippen molar-refractivity contribution in [3.63, 3.8) is 0 Å². The predicted molar refractivity (Wildman–Crippen MR) is 329 cm³/mol. The Kier molecular flexibility index (Phi) is 9.32. The van der Waals surface area contributed by atoms with Crippen molar-refractivity contribution in [3.8, 4) is 28.7 Å². The lowest BCUT2D eigenvalue weighted by atomic mass is 10.0. The predicted octanol–water partition coefficient (Wildman–Crippen LogP) is 19.0. The van der Waals surface area contributed by atoms with Crippen LogP contribution in [0.5, 0.6) is 0 Å². The van der Waals surface area contributed by atoms with Gasteiger partial charge in [0.05, 0.1) is 38.8 Å². The topological polar surface area (TPSA) is 56.7 Å². The molecule has 9 heteroatoms. The molecule has 0 aliphatic heterocycles. The highest BCUT2D eigenvalue weighted by molar-refractivity contribution is 7.27. The van der Waals surface area contributed by atoms with Crippen LogP contribution in [0.15, 0.2) is 249 Å². The zero-order chi connectivity index (χ0) is 51.0. The van der Waals surface area contributed by atoms with Crippen LogP contribution >= 0.6 is 22.7 Å². The van der Waals surface area contributed by atoms with Gasteiger partial charge in [0.2, 0.25) is 17.8 Å². The molecule has 0 saturated heterocycles. The average Bonchev–Trinajstić information content (AvgIpc) is 4.48. The number of nitrogens with zero attached hydrogens (tertiary/aromatic N) is 7. The standard InChI is InChI=1S/C69H41N7S2/c1-3-17-44(18-4-1)73(46-33-36-50-47-21-7-12-26-56(47)74(61(50)41-46)45-19-5-2-6-20-45)67-70-68(75-58-28-14-9-25-55(58)65-59(75)38-37-54-52-24-11-16-30-63(52)78-66(54)65)72-69(71-67)76-57-27-13-8-22-48(57)49-34-31-42(39-60(49)76)43-32-35-53-51-23-10-15-29-62(51)77-64(53)40-43/h1-41H. The first-order valence-electron chi connectivity index (χ1n) is 26.2. The molecular formula is C69H41N7S2. The van der Waals surface area contributed by atoms with E-state index in [1.54, 1.807) is 0 Å². The number of fused-ring (bicyclic) bond motifs is 16. The SMILES string of the molecule is c1ccc(N(c2ccc3c4ccccc4n(-c4ccccc4)c3c2)c2nc(-n3c4ccccc4c4ccc(-c5ccc6c(c5)sc5ccccc56)cc43)nc(-n3c4ccccc4c4c5sc6ccccc6c5ccc43)n2)cc1. The second kappa shape index (κ2) is 16.8. The normalized spacial score (nSPS) is 12.1. The van der Waals surface area contributed by atoms with E-state index in [2.05, 4.69) is 267 Å². The molecule has 0 spiro atoms. The Morgan fingerprint density at radius 1 is 0.295 bits per heavy atom. The second-order valence-electron chi connectivity index (χ2n) is 20.0. The van der Waals surface area contributed by atoms with Gasteiger partial charge in [-0.25, -0.2) is 0 Å². The summed E-state index contributed by atoms with van der Waals surface area (Å²) in [6.07, 6.45) is 0. The van der Waals surface area contributed by atoms with Gasteiger partial charge in [-0.05, 0) is 96.1 Å². The van der Waals surface area contributed by atoms with Crippen molar-refractivity contribution in [2.45, 2.75) is 0 Å². The third-order valence-corrected chi connectivity index (χ3v) is 18.0. The maximum atomic E-state index is 5.70. The summed E-state index contributed by atoms with van der Waals surface area (Å²) >= 11 is 3.69. The highest BCUT2D eigenvalue weighted by Gasteiger charge is 2.26. The third-order valence-electron chi connectivity index (χ3n) is 15.7. The third kappa shape index (κ3) is 6.40. The summed E-state index contributed by atoms with van der Waals surface area (Å²) in [5.74, 6) is 1.50. The molecule has 0 radical (unpaired) electrons. The van der Waals surface area contributed by atoms with Crippen LogP contribution in [0, 0.1) is 0 Å². The molecule has 0 aliphatic rings. The number of para-hydroxylation sites is 5. The summed E-state index contributed by atoms with van der Waals surface area (Å²) in [5.41, 5.74) is 11.4. The van der Waals surface area contributed by atoms with Crippen molar-refractivity contribution >= 4 is 146 Å². The number of rotatable bonds is 7. The van der Waals surface area contributed by atoms with Gasteiger partial charge in [-0.15, -0.1) is 22.7 Å². The fourth-order valence-electron chi connectivity index (χ4n) is 12.3. The fraction of sp³-hybridized carbons (Fsp3) is 0. The van der Waals surface area contributed by atoms with Gasteiger partial charge in [-0.3, -0.25) is 14.0 Å². The van der Waals surface area contributed by atoms with Crippen LogP contribution in [-0.2, 0) is 0 Å². The van der Waals surface area contributed by atoms with Crippen LogP contribution in [0.25, 0.3) is 134 Å². The van der Waals surface area contributed by atoms with Gasteiger partial charge < -0.3 is 4.57 Å². The van der Waals surface area contributed by atoms with Gasteiger partial charge in [0.15, 0.2) is 0 Å². The van der Waals surface area contributed by atoms with E-state index in [1.807, 2.05) is 22.7 Å². The molecule has 0 saturated carbocycles. The number of anilines is 3. The summed E-state index contributed by atoms with van der Waals surface area (Å²) < 4.78 is 11.9. The van der Waals surface area contributed by atoms with E-state index >= 15 is 0 Å². The van der Waals surface area contributed by atoms with Gasteiger partial charge in [-0.1, -0.05) is 164 Å². The number of hydrogen-bond acceptors (Lipinski definition) is 6. The van der Waals surface area contributed by atoms with E-state index in [9.17, 15) is 0 Å². The monoisotopic (exact) mass is 1030 g/mol. The maximum absolute atomic E-state index is 5.70. The van der Waals surface area contributed by atoms with Crippen molar-refractivity contribution in [1.82, 2.24) is 28.7 Å². The minimum atomic E-state index is 0.481. The number of aromatic nitrogens is 6. The first kappa shape index (κ1) is 43.3. The summed E-state index contributed by atoms with van der Waals surface area (Å²) in [5, 5.41) is 12.0. The minimum absolute atomic E-state index is 0.481. The first-order chi connectivity index (χ1) is 38.7. The molecule has 6 heterocycles. The zero-order valence-corrected chi connectivity index (χ0v) is 43.3. The Morgan fingerprint density at radius 3 is 1.50 bits per heavy atom. The molecule has 0 unspecified atom stereocenters. The van der Waals surface area contributed by atoms with E-state index in [1.165, 1.54) is 51.1 Å². The van der Waals surface area contributed by atoms with E-state index in [0.717, 1.165) is 82.8 Å². The highest BCUT2D eigenvalue weighted by Crippen LogP contribution is 2.45. The van der Waals surface area contributed by atoms with Gasteiger partial charge in [0.25, 0.3) is 0 Å². The van der Waals surface area contributed by atoms with Crippen LogP contribution < -0.4 is 4.90 Å². The van der Waals surface area contributed by atoms with Crippen LogP contribution in [0.4, 0.5) is 17.3 Å². The quantitative estimate of drug-likeness (QED) is 0.160. The zero-order valence-electron chi connectivity index (χ0n) is 41.6. The van der Waals surface area contributed by atoms with Crippen LogP contribution in [-0.4, -0.2) is 28.7 Å². The molecule has 7 nitrogen and oxygen atoms in total. The summed E-state index contributed by atoms with van der Waals surface area (Å²) in [7, 11) is 0. The maximum Gasteiger partial charge on any atom is 0.241 e. The van der Waals surface area contributed by atoms with Crippen molar-refractivity contribution in [1.29, 1.82) is 0 Å². The van der Waals surface area contributed by atoms with Gasteiger partial charge in [0, 0.05) is 84.0 Å². The molecule has 17 aromatic rings. The summed E-state index contributed by atoms with van der Waals surface area (Å²) in [6, 6.07) is 89.5. The second-order valence-corrected chi connectivity index (χ2v) is 22.1. The molecule has 0 aliphatic carbocycles. The fourth-order valence-corrected chi connectivity index (χ4v) is 14.7. The summed E-state index contributed by atoms with van der Waals surface area (Å²) in [6.45, 7) is 0. The number of hydrogen-bond donors (Lipinski definition) is 0. The Labute approximate surface area is 454 Å². The first-order valence-corrected chi connectivity index (χ1v) is 27.8. The van der Waals surface area contributed by atoms with Crippen molar-refractivity contribution < 1.29 is 0 Å². The molecule has 17 rings (SSSR count). The molecule has 0 bridgehead atoms. The molecule has 0 fully saturated rings. The molecule has 0 N–H and O–H groups in total. The van der Waals surface area contributed by atoms with Crippen molar-refractivity contribution in [2.75, 3.05) is 4.90 Å². The Bertz CT molecular complexity index is 5300. The molecule has 78 heavy (non-hydrogen) atoms. The van der Waals surface area contributed by atoms with E-state index in [0.29, 0.717) is 17.8 Å². The summed E-state index contributed by atoms with van der Waals surface area (Å²) in [4.78, 5) is 19.3. The van der Waals surface area contributed by atoms with E-state index < -0.39 is 0 Å². The van der Waals surface area contributed by atoms with Gasteiger partial charge in [-0.2, -0.15) is 15.0 Å². The van der Waals surface area contributed by atoms with Gasteiger partial charge >= 0.3 is 0 Å². The van der Waals surface area contributed by atoms with Crippen LogP contribution in [0.1, 0.15) is 0 Å². The van der Waals surface area contributed by atoms with E-state index in [-0.39, 0.29) is 0 Å². The lowest BCUT2D eigenvalue weighted by Crippen LogP contribution is -2.18.